The highest BCUT2D eigenvalue weighted by atomic mass is 35.5. The van der Waals surface area contributed by atoms with Gasteiger partial charge < -0.3 is 19.8 Å². The lowest BCUT2D eigenvalue weighted by atomic mass is 9.78. The Bertz CT molecular complexity index is 927. The molecule has 7 nitrogen and oxygen atoms in total. The molecule has 2 saturated heterocycles. The van der Waals surface area contributed by atoms with E-state index < -0.39 is 23.6 Å². The summed E-state index contributed by atoms with van der Waals surface area (Å²) in [6, 6.07) is 3.48. The summed E-state index contributed by atoms with van der Waals surface area (Å²) in [5.74, 6) is -1.29. The molecule has 11 heteroatoms. The van der Waals surface area contributed by atoms with Gasteiger partial charge in [-0.1, -0.05) is 25.4 Å². The van der Waals surface area contributed by atoms with Crippen LogP contribution >= 0.6 is 11.6 Å². The summed E-state index contributed by atoms with van der Waals surface area (Å²) in [6.45, 7) is 4.37. The molecule has 3 rings (SSSR count). The highest BCUT2D eigenvalue weighted by molar-refractivity contribution is 6.32. The summed E-state index contributed by atoms with van der Waals surface area (Å²) < 4.78 is 40.5. The van der Waals surface area contributed by atoms with Crippen molar-refractivity contribution in [1.29, 1.82) is 0 Å². The van der Waals surface area contributed by atoms with Crippen LogP contribution in [0.15, 0.2) is 12.1 Å². The first kappa shape index (κ1) is 27.5. The van der Waals surface area contributed by atoms with Gasteiger partial charge >= 0.3 is 6.18 Å². The summed E-state index contributed by atoms with van der Waals surface area (Å²) in [7, 11) is 3.30. The van der Waals surface area contributed by atoms with Crippen LogP contribution in [0.1, 0.15) is 49.9 Å². The Morgan fingerprint density at radius 3 is 2.00 bits per heavy atom. The summed E-state index contributed by atoms with van der Waals surface area (Å²) in [5, 5.41) is 10.4. The molecule has 2 aliphatic heterocycles. The van der Waals surface area contributed by atoms with Crippen molar-refractivity contribution in [3.05, 3.63) is 22.8 Å². The third-order valence-corrected chi connectivity index (χ3v) is 7.71. The maximum atomic E-state index is 13.5. The number of aromatic nitrogens is 1. The Morgan fingerprint density at radius 2 is 1.57 bits per heavy atom. The van der Waals surface area contributed by atoms with Crippen molar-refractivity contribution < 1.29 is 27.9 Å². The number of halogens is 4. The molecule has 2 amide bonds. The van der Waals surface area contributed by atoms with E-state index in [1.54, 1.807) is 26.2 Å². The zero-order valence-corrected chi connectivity index (χ0v) is 21.4. The number of anilines is 1. The number of piperidine rings is 2. The standard InChI is InChI=1S/C24H34ClF3N4O3/c1-15(2)23(35,24(26,27)28)22(34)32-13-9-17(10-14-32)16-7-11-31(12-8-16)19-6-5-18(20(25)29-19)21(33)30(3)4/h5-6,15-17,35H,7-14H2,1-4H3/t23-/m0/s1. The summed E-state index contributed by atoms with van der Waals surface area (Å²) in [4.78, 5) is 33.9. The third-order valence-electron chi connectivity index (χ3n) is 7.42. The zero-order chi connectivity index (χ0) is 26.1. The quantitative estimate of drug-likeness (QED) is 0.599. The molecule has 0 bridgehead atoms. The summed E-state index contributed by atoms with van der Waals surface area (Å²) in [6.07, 6.45) is -1.98. The lowest BCUT2D eigenvalue weighted by molar-refractivity contribution is -0.270. The fraction of sp³-hybridized carbons (Fsp3) is 0.708. The second-order valence-electron chi connectivity index (χ2n) is 10.1. The number of alkyl halides is 3. The Balaban J connectivity index is 1.55. The van der Waals surface area contributed by atoms with Gasteiger partial charge in [0, 0.05) is 46.2 Å². The van der Waals surface area contributed by atoms with Crippen LogP contribution < -0.4 is 4.90 Å². The number of hydrogen-bond acceptors (Lipinski definition) is 5. The molecule has 2 aliphatic rings. The van der Waals surface area contributed by atoms with Gasteiger partial charge in [0.1, 0.15) is 11.0 Å². The monoisotopic (exact) mass is 518 g/mol. The first-order valence-electron chi connectivity index (χ1n) is 12.0. The normalized spacial score (nSPS) is 20.2. The highest BCUT2D eigenvalue weighted by Gasteiger charge is 2.62. The Labute approximate surface area is 209 Å². The third kappa shape index (κ3) is 5.53. The minimum absolute atomic E-state index is 0.167. The maximum Gasteiger partial charge on any atom is 0.426 e. The van der Waals surface area contributed by atoms with Crippen LogP contribution in [0.5, 0.6) is 0 Å². The SMILES string of the molecule is CC(C)[C@](O)(C(=O)N1CCC(C2CCN(c3ccc(C(=O)N(C)C)c(Cl)n3)CC2)CC1)C(F)(F)F. The molecule has 0 spiro atoms. The van der Waals surface area contributed by atoms with Crippen molar-refractivity contribution in [3.63, 3.8) is 0 Å². The number of carbonyl (C=O) groups excluding carboxylic acids is 2. The fourth-order valence-electron chi connectivity index (χ4n) is 5.11. The fourth-order valence-corrected chi connectivity index (χ4v) is 5.34. The molecule has 0 radical (unpaired) electrons. The highest BCUT2D eigenvalue weighted by Crippen LogP contribution is 2.40. The van der Waals surface area contributed by atoms with Gasteiger partial charge in [-0.2, -0.15) is 13.2 Å². The van der Waals surface area contributed by atoms with Gasteiger partial charge in [0.2, 0.25) is 5.60 Å². The first-order valence-corrected chi connectivity index (χ1v) is 12.4. The molecule has 196 valence electrons. The molecular formula is C24H34ClF3N4O3. The number of pyridine rings is 1. The van der Waals surface area contributed by atoms with Crippen molar-refractivity contribution in [3.8, 4) is 0 Å². The molecule has 2 fully saturated rings. The summed E-state index contributed by atoms with van der Waals surface area (Å²) in [5.41, 5.74) is -3.00. The summed E-state index contributed by atoms with van der Waals surface area (Å²) >= 11 is 6.25. The van der Waals surface area contributed by atoms with E-state index in [0.29, 0.717) is 36.1 Å². The lowest BCUT2D eigenvalue weighted by Gasteiger charge is -2.43. The van der Waals surface area contributed by atoms with E-state index in [9.17, 15) is 27.9 Å². The molecular weight excluding hydrogens is 485 g/mol. The van der Waals surface area contributed by atoms with Crippen molar-refractivity contribution in [2.45, 2.75) is 51.3 Å². The number of hydrogen-bond donors (Lipinski definition) is 1. The molecule has 0 aromatic carbocycles. The van der Waals surface area contributed by atoms with E-state index in [-0.39, 0.29) is 24.1 Å². The van der Waals surface area contributed by atoms with E-state index in [1.807, 2.05) is 0 Å². The topological polar surface area (TPSA) is 77.0 Å². The van der Waals surface area contributed by atoms with Gasteiger partial charge in [-0.15, -0.1) is 0 Å². The van der Waals surface area contributed by atoms with Crippen LogP contribution in [0.2, 0.25) is 5.15 Å². The van der Waals surface area contributed by atoms with Crippen LogP contribution in [-0.4, -0.2) is 83.8 Å². The van der Waals surface area contributed by atoms with Crippen LogP contribution in [0.3, 0.4) is 0 Å². The average molecular weight is 519 g/mol. The van der Waals surface area contributed by atoms with Crippen molar-refractivity contribution in [2.24, 2.45) is 17.8 Å². The minimum atomic E-state index is -5.02. The van der Waals surface area contributed by atoms with Crippen molar-refractivity contribution in [1.82, 2.24) is 14.8 Å². The van der Waals surface area contributed by atoms with E-state index in [1.165, 1.54) is 23.6 Å². The van der Waals surface area contributed by atoms with Crippen LogP contribution in [-0.2, 0) is 4.79 Å². The van der Waals surface area contributed by atoms with E-state index in [0.717, 1.165) is 25.9 Å². The molecule has 3 heterocycles. The van der Waals surface area contributed by atoms with Gasteiger partial charge in [-0.3, -0.25) is 9.59 Å². The van der Waals surface area contributed by atoms with E-state index in [4.69, 9.17) is 11.6 Å². The predicted molar refractivity (Wildman–Crippen MR) is 127 cm³/mol. The second-order valence-corrected chi connectivity index (χ2v) is 10.4. The van der Waals surface area contributed by atoms with E-state index >= 15 is 0 Å². The number of rotatable bonds is 5. The molecule has 1 atom stereocenters. The number of aliphatic hydroxyl groups is 1. The van der Waals surface area contributed by atoms with E-state index in [2.05, 4.69) is 9.88 Å². The van der Waals surface area contributed by atoms with Crippen LogP contribution in [0.25, 0.3) is 0 Å². The number of carbonyl (C=O) groups is 2. The predicted octanol–water partition coefficient (Wildman–Crippen LogP) is 3.84. The largest absolute Gasteiger partial charge is 0.426 e. The smallest absolute Gasteiger partial charge is 0.372 e. The molecule has 1 N–H and O–H groups in total. The van der Waals surface area contributed by atoms with Gasteiger partial charge in [-0.05, 0) is 49.7 Å². The van der Waals surface area contributed by atoms with Crippen LogP contribution in [0.4, 0.5) is 19.0 Å². The molecule has 0 unspecified atom stereocenters. The lowest BCUT2D eigenvalue weighted by Crippen LogP contribution is -2.62. The van der Waals surface area contributed by atoms with Gasteiger partial charge in [-0.25, -0.2) is 4.98 Å². The van der Waals surface area contributed by atoms with Gasteiger partial charge in [0.15, 0.2) is 0 Å². The second kappa shape index (κ2) is 10.5. The number of amides is 2. The molecule has 1 aromatic heterocycles. The maximum absolute atomic E-state index is 13.5. The molecule has 35 heavy (non-hydrogen) atoms. The first-order chi connectivity index (χ1) is 16.3. The number of nitrogens with zero attached hydrogens (tertiary/aromatic N) is 4. The van der Waals surface area contributed by atoms with Crippen molar-refractivity contribution >= 4 is 29.2 Å². The average Bonchev–Trinajstić information content (AvgIpc) is 2.81. The molecule has 0 aliphatic carbocycles. The Morgan fingerprint density at radius 1 is 1.06 bits per heavy atom. The molecule has 1 aromatic rings. The van der Waals surface area contributed by atoms with Gasteiger partial charge in [0.25, 0.3) is 11.8 Å². The van der Waals surface area contributed by atoms with Crippen LogP contribution in [0, 0.1) is 17.8 Å². The van der Waals surface area contributed by atoms with Crippen molar-refractivity contribution in [2.75, 3.05) is 45.2 Å². The molecule has 0 saturated carbocycles. The Hall–Kier alpha value is -2.07. The number of likely N-dealkylation sites (tertiary alicyclic amines) is 1. The minimum Gasteiger partial charge on any atom is -0.372 e. The zero-order valence-electron chi connectivity index (χ0n) is 20.6. The van der Waals surface area contributed by atoms with Gasteiger partial charge in [0.05, 0.1) is 5.56 Å². The Kier molecular flexibility index (Phi) is 8.26.